The first kappa shape index (κ1) is 25.4. The van der Waals surface area contributed by atoms with E-state index in [1.165, 1.54) is 109 Å². The number of hydrogen-bond acceptors (Lipinski definition) is 1. The summed E-state index contributed by atoms with van der Waals surface area (Å²) in [5.74, 6) is 2.54. The molecule has 214 valence electrons. The zero-order chi connectivity index (χ0) is 28.3. The molecule has 0 atom stereocenters. The Morgan fingerprint density at radius 3 is 2.02 bits per heavy atom. The second kappa shape index (κ2) is 10.3. The normalized spacial score (nSPS) is 17.5. The Kier molecular flexibility index (Phi) is 6.06. The Morgan fingerprint density at radius 2 is 1.30 bits per heavy atom. The second-order valence-electron chi connectivity index (χ2n) is 13.3. The molecule has 0 bridgehead atoms. The molecule has 2 saturated carbocycles. The summed E-state index contributed by atoms with van der Waals surface area (Å²) in [5, 5.41) is 2.42. The van der Waals surface area contributed by atoms with Crippen molar-refractivity contribution < 1.29 is 8.98 Å². The lowest BCUT2D eigenvalue weighted by Crippen LogP contribution is -2.30. The van der Waals surface area contributed by atoms with Crippen LogP contribution < -0.4 is 4.57 Å². The van der Waals surface area contributed by atoms with Crippen LogP contribution in [0.5, 0.6) is 0 Å². The van der Waals surface area contributed by atoms with Crippen LogP contribution in [0.15, 0.2) is 95.7 Å². The molecule has 0 amide bonds. The largest absolute Gasteiger partial charge is 0.456 e. The summed E-state index contributed by atoms with van der Waals surface area (Å²) in [6, 6.07) is 29.4. The average molecular weight is 564 g/mol. The number of hydrogen-bond donors (Lipinski definition) is 0. The van der Waals surface area contributed by atoms with Crippen molar-refractivity contribution in [2.75, 3.05) is 0 Å². The van der Waals surface area contributed by atoms with Crippen molar-refractivity contribution in [3.63, 3.8) is 0 Å². The van der Waals surface area contributed by atoms with E-state index in [4.69, 9.17) is 4.42 Å². The predicted octanol–water partition coefficient (Wildman–Crippen LogP) is 10.5. The molecule has 1 aliphatic heterocycles. The summed E-state index contributed by atoms with van der Waals surface area (Å²) in [5.41, 5.74) is 12.0. The second-order valence-corrected chi connectivity index (χ2v) is 13.3. The fourth-order valence-corrected chi connectivity index (χ4v) is 8.56. The smallest absolute Gasteiger partial charge is 0.294 e. The molecule has 3 nitrogen and oxygen atoms in total. The molecule has 0 N–H and O–H groups in total. The molecular formula is C40H39N2O+. The van der Waals surface area contributed by atoms with Gasteiger partial charge >= 0.3 is 0 Å². The summed E-state index contributed by atoms with van der Waals surface area (Å²) in [6.45, 7) is 0.893. The Balaban J connectivity index is 1.29. The molecular weight excluding hydrogens is 524 g/mol. The van der Waals surface area contributed by atoms with Gasteiger partial charge in [-0.25, -0.2) is 4.57 Å². The summed E-state index contributed by atoms with van der Waals surface area (Å²) in [4.78, 5) is 0. The van der Waals surface area contributed by atoms with E-state index in [9.17, 15) is 0 Å². The lowest BCUT2D eigenvalue weighted by Gasteiger charge is -2.29. The first-order valence-corrected chi connectivity index (χ1v) is 16.6. The van der Waals surface area contributed by atoms with Gasteiger partial charge in [0, 0.05) is 27.5 Å². The maximum absolute atomic E-state index is 6.30. The lowest BCUT2D eigenvalue weighted by molar-refractivity contribution is -0.671. The van der Waals surface area contributed by atoms with E-state index in [2.05, 4.69) is 100 Å². The Hall–Kier alpha value is -4.11. The Morgan fingerprint density at radius 1 is 0.628 bits per heavy atom. The minimum absolute atomic E-state index is 0.610. The van der Waals surface area contributed by atoms with Crippen molar-refractivity contribution >= 4 is 21.9 Å². The number of para-hydroxylation sites is 1. The molecule has 2 aromatic heterocycles. The van der Waals surface area contributed by atoms with Gasteiger partial charge in [-0.05, 0) is 79.0 Å². The third-order valence-corrected chi connectivity index (χ3v) is 10.7. The summed E-state index contributed by atoms with van der Waals surface area (Å²) in [6.07, 6.45) is 18.0. The maximum atomic E-state index is 6.30. The number of fused-ring (bicyclic) bond motifs is 6. The van der Waals surface area contributed by atoms with Crippen LogP contribution in [0.1, 0.15) is 92.7 Å². The van der Waals surface area contributed by atoms with E-state index in [0.717, 1.165) is 17.7 Å². The van der Waals surface area contributed by atoms with Crippen LogP contribution in [0.25, 0.3) is 50.1 Å². The highest BCUT2D eigenvalue weighted by Crippen LogP contribution is 2.46. The van der Waals surface area contributed by atoms with E-state index < -0.39 is 0 Å². The molecule has 0 radical (unpaired) electrons. The molecule has 3 aliphatic rings. The maximum Gasteiger partial charge on any atom is 0.294 e. The summed E-state index contributed by atoms with van der Waals surface area (Å²) < 4.78 is 11.4. The van der Waals surface area contributed by atoms with Gasteiger partial charge in [0.05, 0.1) is 5.56 Å². The van der Waals surface area contributed by atoms with Gasteiger partial charge in [0.15, 0.2) is 0 Å². The van der Waals surface area contributed by atoms with E-state index in [-0.39, 0.29) is 0 Å². The Labute approximate surface area is 253 Å². The number of nitrogens with zero attached hydrogens (tertiary/aromatic N) is 2. The standard InChI is InChI=1S/C40H39N2O/c1-4-12-27(13-5-1)30-22-33(28-14-6-2-7-15-28)39(34(23-30)29-16-8-3-9-17-29)42-21-20-41-26-31-24-38-36(25-35(31)40(41)42)32-18-10-11-19-37(32)43-38/h1,4-5,10-13,18-25,28-29H,2-3,6-9,14-17,26H2/q+1. The molecule has 0 spiro atoms. The molecule has 9 rings (SSSR count). The molecule has 4 aromatic carbocycles. The van der Waals surface area contributed by atoms with Crippen molar-refractivity contribution in [2.45, 2.75) is 82.6 Å². The number of benzene rings is 4. The van der Waals surface area contributed by atoms with Crippen molar-refractivity contribution in [3.8, 4) is 28.2 Å². The highest BCUT2D eigenvalue weighted by atomic mass is 16.3. The fourth-order valence-electron chi connectivity index (χ4n) is 8.56. The third-order valence-electron chi connectivity index (χ3n) is 10.7. The van der Waals surface area contributed by atoms with Crippen LogP contribution in [0.2, 0.25) is 0 Å². The molecule has 0 unspecified atom stereocenters. The lowest BCUT2D eigenvalue weighted by atomic mass is 9.77. The monoisotopic (exact) mass is 563 g/mol. The zero-order valence-electron chi connectivity index (χ0n) is 24.9. The van der Waals surface area contributed by atoms with Gasteiger partial charge in [0.25, 0.3) is 5.82 Å². The molecule has 3 heterocycles. The number of rotatable bonds is 4. The third kappa shape index (κ3) is 4.19. The van der Waals surface area contributed by atoms with E-state index in [0.29, 0.717) is 11.8 Å². The van der Waals surface area contributed by atoms with Crippen LogP contribution in [-0.2, 0) is 6.54 Å². The van der Waals surface area contributed by atoms with Gasteiger partial charge in [-0.15, -0.1) is 0 Å². The number of furan rings is 1. The SMILES string of the molecule is c1ccc(-c2cc(C3CCCCC3)c(-n3cc[n+]4c3-c3cc5c(cc3C4)oc3ccccc35)c(C3CCCCC3)c2)cc1. The van der Waals surface area contributed by atoms with Gasteiger partial charge in [-0.2, -0.15) is 4.57 Å². The Bertz CT molecular complexity index is 1930. The predicted molar refractivity (Wildman–Crippen MR) is 175 cm³/mol. The molecule has 0 saturated heterocycles. The van der Waals surface area contributed by atoms with Crippen molar-refractivity contribution in [3.05, 3.63) is 108 Å². The van der Waals surface area contributed by atoms with Gasteiger partial charge in [0.1, 0.15) is 35.8 Å². The van der Waals surface area contributed by atoms with Gasteiger partial charge < -0.3 is 4.42 Å². The number of imidazole rings is 1. The van der Waals surface area contributed by atoms with E-state index in [1.54, 1.807) is 11.1 Å². The topological polar surface area (TPSA) is 21.9 Å². The molecule has 43 heavy (non-hydrogen) atoms. The first-order valence-electron chi connectivity index (χ1n) is 16.6. The highest BCUT2D eigenvalue weighted by molar-refractivity contribution is 6.06. The fraction of sp³-hybridized carbons (Fsp3) is 0.325. The van der Waals surface area contributed by atoms with Gasteiger partial charge in [-0.3, -0.25) is 0 Å². The van der Waals surface area contributed by atoms with Crippen LogP contribution >= 0.6 is 0 Å². The van der Waals surface area contributed by atoms with Crippen molar-refractivity contribution in [2.24, 2.45) is 0 Å². The van der Waals surface area contributed by atoms with Crippen LogP contribution in [0.4, 0.5) is 0 Å². The van der Waals surface area contributed by atoms with Crippen molar-refractivity contribution in [1.29, 1.82) is 0 Å². The van der Waals surface area contributed by atoms with Crippen LogP contribution in [-0.4, -0.2) is 4.57 Å². The highest BCUT2D eigenvalue weighted by Gasteiger charge is 2.36. The van der Waals surface area contributed by atoms with Gasteiger partial charge in [0.2, 0.25) is 0 Å². The van der Waals surface area contributed by atoms with Crippen LogP contribution in [0.3, 0.4) is 0 Å². The summed E-state index contributed by atoms with van der Waals surface area (Å²) in [7, 11) is 0. The minimum Gasteiger partial charge on any atom is -0.456 e. The molecule has 3 heteroatoms. The zero-order valence-corrected chi connectivity index (χ0v) is 24.9. The van der Waals surface area contributed by atoms with Crippen molar-refractivity contribution in [1.82, 2.24) is 4.57 Å². The van der Waals surface area contributed by atoms with E-state index in [1.807, 2.05) is 0 Å². The van der Waals surface area contributed by atoms with Gasteiger partial charge in [-0.1, -0.05) is 87.1 Å². The molecule has 2 fully saturated rings. The van der Waals surface area contributed by atoms with E-state index >= 15 is 0 Å². The summed E-state index contributed by atoms with van der Waals surface area (Å²) >= 11 is 0. The van der Waals surface area contributed by atoms with Crippen LogP contribution in [0, 0.1) is 0 Å². The quantitative estimate of drug-likeness (QED) is 0.195. The molecule has 2 aliphatic carbocycles. The average Bonchev–Trinajstić information content (AvgIpc) is 3.76. The minimum atomic E-state index is 0.610. The number of aromatic nitrogens is 2. The first-order chi connectivity index (χ1) is 21.3. The molecule has 6 aromatic rings.